The minimum atomic E-state index is 0.636. The van der Waals surface area contributed by atoms with Crippen LogP contribution in [0.5, 0.6) is 0 Å². The van der Waals surface area contributed by atoms with Crippen molar-refractivity contribution in [3.8, 4) is 6.07 Å². The van der Waals surface area contributed by atoms with Gasteiger partial charge in [-0.05, 0) is 23.8 Å². The molecule has 0 aromatic heterocycles. The van der Waals surface area contributed by atoms with Crippen LogP contribution >= 0.6 is 0 Å². The molecule has 0 bridgehead atoms. The minimum absolute atomic E-state index is 0.636. The lowest BCUT2D eigenvalue weighted by Crippen LogP contribution is -1.81. The highest BCUT2D eigenvalue weighted by Gasteiger charge is 2.37. The van der Waals surface area contributed by atoms with Gasteiger partial charge in [0, 0.05) is 6.42 Å². The molecule has 2 atom stereocenters. The molecule has 0 spiro atoms. The van der Waals surface area contributed by atoms with E-state index in [0.29, 0.717) is 11.8 Å². The predicted molar refractivity (Wildman–Crippen MR) is 47.5 cm³/mol. The molecule has 0 N–H and O–H groups in total. The van der Waals surface area contributed by atoms with Crippen molar-refractivity contribution in [1.29, 1.82) is 5.26 Å². The monoisotopic (exact) mass is 157 g/mol. The lowest BCUT2D eigenvalue weighted by Gasteiger charge is -1.95. The second kappa shape index (κ2) is 2.98. The molecule has 1 heteroatoms. The van der Waals surface area contributed by atoms with Crippen LogP contribution in [0.3, 0.4) is 0 Å². The molecule has 2 rings (SSSR count). The van der Waals surface area contributed by atoms with Crippen LogP contribution in [-0.4, -0.2) is 0 Å². The number of hydrogen-bond donors (Lipinski definition) is 0. The zero-order valence-corrected chi connectivity index (χ0v) is 6.90. The molecule has 1 saturated carbocycles. The van der Waals surface area contributed by atoms with E-state index in [2.05, 4.69) is 30.3 Å². The second-order valence-corrected chi connectivity index (χ2v) is 3.38. The first-order valence-electron chi connectivity index (χ1n) is 4.33. The third kappa shape index (κ3) is 1.33. The molecule has 1 nitrogen and oxygen atoms in total. The number of rotatable bonds is 2. The Hall–Kier alpha value is -1.29. The van der Waals surface area contributed by atoms with Gasteiger partial charge in [-0.1, -0.05) is 30.3 Å². The van der Waals surface area contributed by atoms with Crippen LogP contribution in [0.15, 0.2) is 30.3 Å². The molecule has 0 radical (unpaired) electrons. The largest absolute Gasteiger partial charge is 0.198 e. The smallest absolute Gasteiger partial charge is 0.0624 e. The van der Waals surface area contributed by atoms with Crippen LogP contribution in [0, 0.1) is 17.2 Å². The summed E-state index contributed by atoms with van der Waals surface area (Å²) in [4.78, 5) is 0. The van der Waals surface area contributed by atoms with Crippen molar-refractivity contribution in [2.75, 3.05) is 0 Å². The van der Waals surface area contributed by atoms with Crippen molar-refractivity contribution in [2.45, 2.75) is 18.8 Å². The first-order valence-corrected chi connectivity index (χ1v) is 4.33. The van der Waals surface area contributed by atoms with Crippen LogP contribution in [-0.2, 0) is 0 Å². The molecular weight excluding hydrogens is 146 g/mol. The standard InChI is InChI=1S/C11H11N/c12-7-6-10-8-11(10)9-4-2-1-3-5-9/h1-5,10-11H,6,8H2/t10-,11+/m1/s1. The Kier molecular flexibility index (Phi) is 1.83. The van der Waals surface area contributed by atoms with E-state index in [1.807, 2.05) is 6.07 Å². The predicted octanol–water partition coefficient (Wildman–Crippen LogP) is 2.70. The van der Waals surface area contributed by atoms with Crippen molar-refractivity contribution in [3.63, 3.8) is 0 Å². The maximum absolute atomic E-state index is 8.49. The molecule has 1 fully saturated rings. The van der Waals surface area contributed by atoms with Crippen molar-refractivity contribution < 1.29 is 0 Å². The van der Waals surface area contributed by atoms with Gasteiger partial charge in [-0.15, -0.1) is 0 Å². The summed E-state index contributed by atoms with van der Waals surface area (Å²) in [5.74, 6) is 1.31. The number of benzene rings is 1. The van der Waals surface area contributed by atoms with Crippen LogP contribution in [0.2, 0.25) is 0 Å². The molecule has 0 saturated heterocycles. The number of nitrogens with zero attached hydrogens (tertiary/aromatic N) is 1. The molecule has 12 heavy (non-hydrogen) atoms. The van der Waals surface area contributed by atoms with E-state index in [9.17, 15) is 0 Å². The van der Waals surface area contributed by atoms with Gasteiger partial charge in [-0.25, -0.2) is 0 Å². The first kappa shape index (κ1) is 7.36. The molecule has 0 amide bonds. The summed E-state index contributed by atoms with van der Waals surface area (Å²) in [6.07, 6.45) is 1.93. The zero-order valence-electron chi connectivity index (χ0n) is 6.90. The van der Waals surface area contributed by atoms with Crippen LogP contribution in [0.1, 0.15) is 24.3 Å². The van der Waals surface area contributed by atoms with E-state index < -0.39 is 0 Å². The zero-order chi connectivity index (χ0) is 8.39. The average molecular weight is 157 g/mol. The molecular formula is C11H11N. The summed E-state index contributed by atoms with van der Waals surface area (Å²) >= 11 is 0. The fourth-order valence-electron chi connectivity index (χ4n) is 1.70. The normalized spacial score (nSPS) is 26.2. The Morgan fingerprint density at radius 1 is 1.33 bits per heavy atom. The van der Waals surface area contributed by atoms with Gasteiger partial charge < -0.3 is 0 Å². The van der Waals surface area contributed by atoms with Gasteiger partial charge in [-0.3, -0.25) is 0 Å². The molecule has 0 unspecified atom stereocenters. The third-order valence-corrected chi connectivity index (χ3v) is 2.50. The van der Waals surface area contributed by atoms with Gasteiger partial charge in [-0.2, -0.15) is 5.26 Å². The lowest BCUT2D eigenvalue weighted by molar-refractivity contribution is 0.829. The van der Waals surface area contributed by atoms with Gasteiger partial charge in [0.15, 0.2) is 0 Å². The van der Waals surface area contributed by atoms with Crippen molar-refractivity contribution in [2.24, 2.45) is 5.92 Å². The fourth-order valence-corrected chi connectivity index (χ4v) is 1.70. The number of hydrogen-bond acceptors (Lipinski definition) is 1. The second-order valence-electron chi connectivity index (χ2n) is 3.38. The van der Waals surface area contributed by atoms with Crippen molar-refractivity contribution in [1.82, 2.24) is 0 Å². The molecule has 1 aliphatic carbocycles. The summed E-state index contributed by atoms with van der Waals surface area (Å²) in [5, 5.41) is 8.49. The van der Waals surface area contributed by atoms with Crippen LogP contribution in [0.4, 0.5) is 0 Å². The minimum Gasteiger partial charge on any atom is -0.198 e. The van der Waals surface area contributed by atoms with Crippen molar-refractivity contribution in [3.05, 3.63) is 35.9 Å². The summed E-state index contributed by atoms with van der Waals surface area (Å²) in [6.45, 7) is 0. The van der Waals surface area contributed by atoms with Crippen LogP contribution in [0.25, 0.3) is 0 Å². The maximum Gasteiger partial charge on any atom is 0.0624 e. The third-order valence-electron chi connectivity index (χ3n) is 2.50. The highest BCUT2D eigenvalue weighted by atomic mass is 14.4. The van der Waals surface area contributed by atoms with E-state index in [4.69, 9.17) is 5.26 Å². The van der Waals surface area contributed by atoms with Gasteiger partial charge in [0.1, 0.15) is 0 Å². The fraction of sp³-hybridized carbons (Fsp3) is 0.364. The first-order chi connectivity index (χ1) is 5.92. The van der Waals surface area contributed by atoms with Crippen molar-refractivity contribution >= 4 is 0 Å². The van der Waals surface area contributed by atoms with E-state index in [0.717, 1.165) is 6.42 Å². The quantitative estimate of drug-likeness (QED) is 0.647. The topological polar surface area (TPSA) is 23.8 Å². The van der Waals surface area contributed by atoms with E-state index in [-0.39, 0.29) is 0 Å². The van der Waals surface area contributed by atoms with Gasteiger partial charge in [0.25, 0.3) is 0 Å². The Morgan fingerprint density at radius 3 is 2.75 bits per heavy atom. The SMILES string of the molecule is N#CC[C@@H]1C[C@H]1c1ccccc1. The maximum atomic E-state index is 8.49. The summed E-state index contributed by atoms with van der Waals surface area (Å²) < 4.78 is 0. The Bertz CT molecular complexity index is 297. The highest BCUT2D eigenvalue weighted by Crippen LogP contribution is 2.49. The highest BCUT2D eigenvalue weighted by molar-refractivity contribution is 5.25. The van der Waals surface area contributed by atoms with Crippen LogP contribution < -0.4 is 0 Å². The molecule has 0 heterocycles. The Labute approximate surface area is 72.6 Å². The van der Waals surface area contributed by atoms with E-state index in [1.54, 1.807) is 0 Å². The van der Waals surface area contributed by atoms with Gasteiger partial charge in [0.2, 0.25) is 0 Å². The molecule has 1 aliphatic rings. The summed E-state index contributed by atoms with van der Waals surface area (Å²) in [5.41, 5.74) is 1.40. The summed E-state index contributed by atoms with van der Waals surface area (Å²) in [6, 6.07) is 12.7. The molecule has 0 aliphatic heterocycles. The van der Waals surface area contributed by atoms with E-state index >= 15 is 0 Å². The molecule has 1 aromatic carbocycles. The van der Waals surface area contributed by atoms with E-state index in [1.165, 1.54) is 12.0 Å². The average Bonchev–Trinajstić information content (AvgIpc) is 2.87. The molecule has 60 valence electrons. The van der Waals surface area contributed by atoms with Gasteiger partial charge in [0.05, 0.1) is 6.07 Å². The molecule has 1 aromatic rings. The van der Waals surface area contributed by atoms with Gasteiger partial charge >= 0.3 is 0 Å². The Morgan fingerprint density at radius 2 is 2.08 bits per heavy atom. The lowest BCUT2D eigenvalue weighted by atomic mass is 10.1. The number of nitriles is 1. The summed E-state index contributed by atoms with van der Waals surface area (Å²) in [7, 11) is 0. The Balaban J connectivity index is 2.03.